The minimum Gasteiger partial charge on any atom is -0.299 e. The van der Waals surface area contributed by atoms with Crippen LogP contribution in [-0.4, -0.2) is 24.5 Å². The summed E-state index contributed by atoms with van der Waals surface area (Å²) in [6, 6.07) is 0. The predicted molar refractivity (Wildman–Crippen MR) is 52.1 cm³/mol. The van der Waals surface area contributed by atoms with Crippen molar-refractivity contribution < 1.29 is 0 Å². The summed E-state index contributed by atoms with van der Waals surface area (Å²) in [5, 5.41) is 0. The smallest absolute Gasteiger partial charge is 0.0165 e. The first kappa shape index (κ1) is 8.31. The molecule has 2 fully saturated rings. The second-order valence-electron chi connectivity index (χ2n) is 4.60. The van der Waals surface area contributed by atoms with Gasteiger partial charge in [-0.1, -0.05) is 11.6 Å². The fourth-order valence-electron chi connectivity index (χ4n) is 1.94. The third-order valence-electron chi connectivity index (χ3n) is 3.03. The Kier molecular flexibility index (Phi) is 2.22. The van der Waals surface area contributed by atoms with E-state index in [9.17, 15) is 0 Å². The van der Waals surface area contributed by atoms with E-state index in [0.717, 1.165) is 11.8 Å². The van der Waals surface area contributed by atoms with Crippen LogP contribution in [-0.2, 0) is 0 Å². The van der Waals surface area contributed by atoms with Gasteiger partial charge in [0, 0.05) is 19.6 Å². The topological polar surface area (TPSA) is 3.24 Å². The molecule has 2 aliphatic rings. The second-order valence-corrected chi connectivity index (χ2v) is 4.60. The number of allylic oxidation sites excluding steroid dienone is 1. The molecule has 1 nitrogen and oxygen atoms in total. The van der Waals surface area contributed by atoms with Crippen LogP contribution < -0.4 is 0 Å². The zero-order chi connectivity index (χ0) is 8.55. The summed E-state index contributed by atoms with van der Waals surface area (Å²) >= 11 is 0. The van der Waals surface area contributed by atoms with E-state index in [1.165, 1.54) is 38.0 Å². The molecular formula is C11H19N. The van der Waals surface area contributed by atoms with Crippen LogP contribution in [0, 0.1) is 11.8 Å². The Balaban J connectivity index is 1.64. The summed E-state index contributed by atoms with van der Waals surface area (Å²) in [7, 11) is 0. The molecule has 0 aromatic heterocycles. The average Bonchev–Trinajstić information content (AvgIpc) is 2.66. The maximum atomic E-state index is 2.55. The molecule has 1 saturated carbocycles. The molecule has 1 heterocycles. The molecule has 1 aliphatic heterocycles. The van der Waals surface area contributed by atoms with Crippen molar-refractivity contribution in [3.63, 3.8) is 0 Å². The first-order valence-electron chi connectivity index (χ1n) is 5.11. The Morgan fingerprint density at radius 2 is 1.92 bits per heavy atom. The highest BCUT2D eigenvalue weighted by molar-refractivity contribution is 4.99. The fourth-order valence-corrected chi connectivity index (χ4v) is 1.94. The molecule has 0 radical (unpaired) electrons. The van der Waals surface area contributed by atoms with Crippen molar-refractivity contribution in [2.75, 3.05) is 19.6 Å². The van der Waals surface area contributed by atoms with Gasteiger partial charge in [-0.2, -0.15) is 0 Å². The lowest BCUT2D eigenvalue weighted by Crippen LogP contribution is -2.47. The van der Waals surface area contributed by atoms with E-state index in [2.05, 4.69) is 24.8 Å². The van der Waals surface area contributed by atoms with Crippen LogP contribution in [0.3, 0.4) is 0 Å². The molecule has 0 amide bonds. The highest BCUT2D eigenvalue weighted by atomic mass is 15.2. The number of nitrogens with zero attached hydrogens (tertiary/aromatic N) is 1. The van der Waals surface area contributed by atoms with Crippen LogP contribution in [0.15, 0.2) is 11.6 Å². The second kappa shape index (κ2) is 3.21. The van der Waals surface area contributed by atoms with E-state index in [4.69, 9.17) is 0 Å². The molecule has 0 unspecified atom stereocenters. The Labute approximate surface area is 75.4 Å². The van der Waals surface area contributed by atoms with Gasteiger partial charge in [-0.25, -0.2) is 0 Å². The molecule has 0 bridgehead atoms. The molecule has 0 N–H and O–H groups in total. The highest BCUT2D eigenvalue weighted by Gasteiger charge is 2.38. The largest absolute Gasteiger partial charge is 0.299 e. The summed E-state index contributed by atoms with van der Waals surface area (Å²) in [5.74, 6) is 2.18. The van der Waals surface area contributed by atoms with Crippen LogP contribution in [0.5, 0.6) is 0 Å². The van der Waals surface area contributed by atoms with Gasteiger partial charge in [0.1, 0.15) is 0 Å². The quantitative estimate of drug-likeness (QED) is 0.580. The van der Waals surface area contributed by atoms with Gasteiger partial charge < -0.3 is 0 Å². The number of rotatable bonds is 3. The SMILES string of the molecule is CC(C)=CCN1CC(C2CC2)C1. The van der Waals surface area contributed by atoms with Gasteiger partial charge in [0.15, 0.2) is 0 Å². The lowest BCUT2D eigenvalue weighted by atomic mass is 9.95. The summed E-state index contributed by atoms with van der Waals surface area (Å²) < 4.78 is 0. The summed E-state index contributed by atoms with van der Waals surface area (Å²) in [6.45, 7) is 8.28. The lowest BCUT2D eigenvalue weighted by Gasteiger charge is -2.39. The van der Waals surface area contributed by atoms with E-state index in [0.29, 0.717) is 0 Å². The van der Waals surface area contributed by atoms with Gasteiger partial charge in [0.2, 0.25) is 0 Å². The Hall–Kier alpha value is -0.300. The minimum absolute atomic E-state index is 1.07. The summed E-state index contributed by atoms with van der Waals surface area (Å²) in [4.78, 5) is 2.55. The molecule has 0 atom stereocenters. The molecule has 1 aliphatic carbocycles. The molecule has 0 aromatic carbocycles. The van der Waals surface area contributed by atoms with Gasteiger partial charge in [-0.3, -0.25) is 4.90 Å². The summed E-state index contributed by atoms with van der Waals surface area (Å²) in [5.41, 5.74) is 1.45. The predicted octanol–water partition coefficient (Wildman–Crippen LogP) is 2.29. The van der Waals surface area contributed by atoms with Crippen LogP contribution in [0.1, 0.15) is 26.7 Å². The molecule has 0 spiro atoms. The van der Waals surface area contributed by atoms with Crippen LogP contribution >= 0.6 is 0 Å². The van der Waals surface area contributed by atoms with E-state index in [-0.39, 0.29) is 0 Å². The monoisotopic (exact) mass is 165 g/mol. The van der Waals surface area contributed by atoms with Gasteiger partial charge in [-0.05, 0) is 38.5 Å². The lowest BCUT2D eigenvalue weighted by molar-refractivity contribution is 0.0989. The Morgan fingerprint density at radius 3 is 2.42 bits per heavy atom. The average molecular weight is 165 g/mol. The van der Waals surface area contributed by atoms with Gasteiger partial charge >= 0.3 is 0 Å². The van der Waals surface area contributed by atoms with Gasteiger partial charge in [0.25, 0.3) is 0 Å². The number of likely N-dealkylation sites (tertiary alicyclic amines) is 1. The zero-order valence-electron chi connectivity index (χ0n) is 8.21. The van der Waals surface area contributed by atoms with Crippen molar-refractivity contribution in [2.45, 2.75) is 26.7 Å². The van der Waals surface area contributed by atoms with Crippen molar-refractivity contribution in [2.24, 2.45) is 11.8 Å². The highest BCUT2D eigenvalue weighted by Crippen LogP contribution is 2.41. The van der Waals surface area contributed by atoms with Crippen LogP contribution in [0.4, 0.5) is 0 Å². The molecular weight excluding hydrogens is 146 g/mol. The fraction of sp³-hybridized carbons (Fsp3) is 0.818. The number of hydrogen-bond donors (Lipinski definition) is 0. The third kappa shape index (κ3) is 1.89. The van der Waals surface area contributed by atoms with E-state index in [1.807, 2.05) is 0 Å². The van der Waals surface area contributed by atoms with E-state index in [1.54, 1.807) is 0 Å². The van der Waals surface area contributed by atoms with Crippen LogP contribution in [0.25, 0.3) is 0 Å². The van der Waals surface area contributed by atoms with Crippen molar-refractivity contribution in [1.82, 2.24) is 4.90 Å². The minimum atomic E-state index is 1.07. The van der Waals surface area contributed by atoms with Crippen molar-refractivity contribution in [1.29, 1.82) is 0 Å². The van der Waals surface area contributed by atoms with Crippen molar-refractivity contribution in [3.8, 4) is 0 Å². The first-order valence-corrected chi connectivity index (χ1v) is 5.11. The first-order chi connectivity index (χ1) is 5.75. The van der Waals surface area contributed by atoms with Crippen molar-refractivity contribution >= 4 is 0 Å². The normalized spacial score (nSPS) is 25.2. The van der Waals surface area contributed by atoms with E-state index >= 15 is 0 Å². The molecule has 0 aromatic rings. The summed E-state index contributed by atoms with van der Waals surface area (Å²) in [6.07, 6.45) is 5.37. The van der Waals surface area contributed by atoms with Crippen molar-refractivity contribution in [3.05, 3.63) is 11.6 Å². The Bertz CT molecular complexity index is 181. The molecule has 12 heavy (non-hydrogen) atoms. The Morgan fingerprint density at radius 1 is 1.25 bits per heavy atom. The molecule has 68 valence electrons. The molecule has 1 heteroatoms. The maximum Gasteiger partial charge on any atom is 0.0165 e. The maximum absolute atomic E-state index is 2.55. The molecule has 2 rings (SSSR count). The van der Waals surface area contributed by atoms with Gasteiger partial charge in [-0.15, -0.1) is 0 Å². The standard InChI is InChI=1S/C11H19N/c1-9(2)5-6-12-7-11(8-12)10-3-4-10/h5,10-11H,3-4,6-8H2,1-2H3. The zero-order valence-corrected chi connectivity index (χ0v) is 8.21. The van der Waals surface area contributed by atoms with Gasteiger partial charge in [0.05, 0.1) is 0 Å². The third-order valence-corrected chi connectivity index (χ3v) is 3.03. The number of hydrogen-bond acceptors (Lipinski definition) is 1. The molecule has 1 saturated heterocycles. The van der Waals surface area contributed by atoms with E-state index < -0.39 is 0 Å². The van der Waals surface area contributed by atoms with Crippen LogP contribution in [0.2, 0.25) is 0 Å².